The van der Waals surface area contributed by atoms with Gasteiger partial charge < -0.3 is 10.2 Å². The van der Waals surface area contributed by atoms with E-state index < -0.39 is 0 Å². The monoisotopic (exact) mass is 365 g/mol. The van der Waals surface area contributed by atoms with Gasteiger partial charge in [-0.1, -0.05) is 42.5 Å². The van der Waals surface area contributed by atoms with E-state index in [-0.39, 0.29) is 11.9 Å². The Balaban J connectivity index is 1.65. The highest BCUT2D eigenvalue weighted by Gasteiger charge is 2.17. The van der Waals surface area contributed by atoms with Crippen molar-refractivity contribution in [1.29, 1.82) is 0 Å². The molecule has 0 aliphatic heterocycles. The molecule has 0 aliphatic rings. The Hall–Kier alpha value is -2.66. The number of likely N-dealkylation sites (N-methyl/N-ethyl adjacent to an activating group) is 1. The summed E-state index contributed by atoms with van der Waals surface area (Å²) in [4.78, 5) is 18.9. The number of hydrogen-bond acceptors (Lipinski definition) is 4. The van der Waals surface area contributed by atoms with Crippen molar-refractivity contribution < 1.29 is 4.79 Å². The summed E-state index contributed by atoms with van der Waals surface area (Å²) in [6.45, 7) is 4.49. The largest absolute Gasteiger partial charge is 0.374 e. The lowest BCUT2D eigenvalue weighted by Crippen LogP contribution is -2.38. The molecule has 26 heavy (non-hydrogen) atoms. The van der Waals surface area contributed by atoms with E-state index in [1.807, 2.05) is 75.5 Å². The van der Waals surface area contributed by atoms with Gasteiger partial charge >= 0.3 is 0 Å². The average molecular weight is 366 g/mol. The van der Waals surface area contributed by atoms with Crippen molar-refractivity contribution in [2.24, 2.45) is 0 Å². The molecule has 0 fully saturated rings. The van der Waals surface area contributed by atoms with Crippen LogP contribution in [0.2, 0.25) is 0 Å². The van der Waals surface area contributed by atoms with E-state index in [1.165, 1.54) is 0 Å². The molecule has 0 aliphatic carbocycles. The summed E-state index contributed by atoms with van der Waals surface area (Å²) in [5, 5.41) is 6.41. The molecule has 1 aromatic heterocycles. The minimum Gasteiger partial charge on any atom is -0.374 e. The van der Waals surface area contributed by atoms with Gasteiger partial charge in [0.1, 0.15) is 6.04 Å². The molecule has 0 spiro atoms. The number of benzene rings is 2. The fourth-order valence-corrected chi connectivity index (χ4v) is 3.46. The molecule has 3 aromatic rings. The number of carbonyl (C=O) groups is 1. The van der Waals surface area contributed by atoms with E-state index in [0.29, 0.717) is 6.54 Å². The second-order valence-corrected chi connectivity index (χ2v) is 7.44. The van der Waals surface area contributed by atoms with E-state index in [9.17, 15) is 4.79 Å². The van der Waals surface area contributed by atoms with E-state index in [1.54, 1.807) is 16.2 Å². The van der Waals surface area contributed by atoms with E-state index in [0.717, 1.165) is 27.5 Å². The van der Waals surface area contributed by atoms with E-state index in [2.05, 4.69) is 15.7 Å². The lowest BCUT2D eigenvalue weighted by atomic mass is 10.1. The molecule has 5 heteroatoms. The summed E-state index contributed by atoms with van der Waals surface area (Å²) < 4.78 is 0. The smallest absolute Gasteiger partial charge is 0.244 e. The number of aromatic nitrogens is 1. The maximum Gasteiger partial charge on any atom is 0.244 e. The van der Waals surface area contributed by atoms with Gasteiger partial charge in [0.15, 0.2) is 0 Å². The predicted molar refractivity (Wildman–Crippen MR) is 108 cm³/mol. The van der Waals surface area contributed by atoms with Crippen LogP contribution in [0.3, 0.4) is 0 Å². The van der Waals surface area contributed by atoms with Crippen LogP contribution in [0, 0.1) is 6.92 Å². The zero-order valence-electron chi connectivity index (χ0n) is 15.3. The molecule has 1 N–H and O–H groups in total. The van der Waals surface area contributed by atoms with Crippen LogP contribution in [0.5, 0.6) is 0 Å². The maximum absolute atomic E-state index is 12.7. The van der Waals surface area contributed by atoms with Gasteiger partial charge in [0.05, 0.1) is 10.7 Å². The van der Waals surface area contributed by atoms with Crippen molar-refractivity contribution in [3.8, 4) is 11.3 Å². The number of aryl methyl sites for hydroxylation is 1. The van der Waals surface area contributed by atoms with Crippen LogP contribution in [0.4, 0.5) is 5.69 Å². The quantitative estimate of drug-likeness (QED) is 0.695. The molecule has 1 atom stereocenters. The lowest BCUT2D eigenvalue weighted by molar-refractivity contribution is -0.130. The van der Waals surface area contributed by atoms with Crippen molar-refractivity contribution in [2.45, 2.75) is 26.4 Å². The highest BCUT2D eigenvalue weighted by atomic mass is 32.1. The Morgan fingerprint density at radius 2 is 1.96 bits per heavy atom. The van der Waals surface area contributed by atoms with Crippen molar-refractivity contribution >= 4 is 22.9 Å². The number of anilines is 1. The molecule has 1 unspecified atom stereocenters. The summed E-state index contributed by atoms with van der Waals surface area (Å²) in [5.74, 6) is 0.0590. The number of thiazole rings is 1. The number of carbonyl (C=O) groups excluding carboxylic acids is 1. The highest BCUT2D eigenvalue weighted by Crippen LogP contribution is 2.24. The Kier molecular flexibility index (Phi) is 5.68. The highest BCUT2D eigenvalue weighted by molar-refractivity contribution is 7.09. The van der Waals surface area contributed by atoms with Gasteiger partial charge in [0.2, 0.25) is 5.91 Å². The molecule has 134 valence electrons. The first-order valence-electron chi connectivity index (χ1n) is 8.61. The van der Waals surface area contributed by atoms with Crippen LogP contribution in [0.1, 0.15) is 17.5 Å². The van der Waals surface area contributed by atoms with Crippen LogP contribution in [-0.2, 0) is 11.3 Å². The SMILES string of the molecule is Cc1nc(-c2cccc(NC(C)C(=O)N(C)Cc3ccccc3)c2)cs1. The lowest BCUT2D eigenvalue weighted by Gasteiger charge is -2.23. The first kappa shape index (κ1) is 18.1. The third-order valence-corrected chi connectivity index (χ3v) is 4.94. The Morgan fingerprint density at radius 3 is 2.65 bits per heavy atom. The summed E-state index contributed by atoms with van der Waals surface area (Å²) in [6.07, 6.45) is 0. The molecule has 1 amide bonds. The van der Waals surface area contributed by atoms with Crippen molar-refractivity contribution in [2.75, 3.05) is 12.4 Å². The second-order valence-electron chi connectivity index (χ2n) is 6.38. The van der Waals surface area contributed by atoms with Crippen molar-refractivity contribution in [1.82, 2.24) is 9.88 Å². The van der Waals surface area contributed by atoms with Gasteiger partial charge in [-0.15, -0.1) is 11.3 Å². The number of nitrogens with zero attached hydrogens (tertiary/aromatic N) is 2. The van der Waals surface area contributed by atoms with Crippen LogP contribution in [0.15, 0.2) is 60.0 Å². The van der Waals surface area contributed by atoms with Crippen molar-refractivity contribution in [3.05, 3.63) is 70.5 Å². The van der Waals surface area contributed by atoms with Gasteiger partial charge in [-0.2, -0.15) is 0 Å². The predicted octanol–water partition coefficient (Wildman–Crippen LogP) is 4.58. The second kappa shape index (κ2) is 8.15. The van der Waals surface area contributed by atoms with Gasteiger partial charge in [0.25, 0.3) is 0 Å². The first-order valence-corrected chi connectivity index (χ1v) is 9.49. The summed E-state index contributed by atoms with van der Waals surface area (Å²) >= 11 is 1.64. The van der Waals surface area contributed by atoms with Gasteiger partial charge in [-0.25, -0.2) is 4.98 Å². The summed E-state index contributed by atoms with van der Waals surface area (Å²) in [6, 6.07) is 17.7. The molecule has 0 radical (unpaired) electrons. The molecule has 0 saturated carbocycles. The molecule has 3 rings (SSSR count). The normalized spacial score (nSPS) is 11.8. The van der Waals surface area contributed by atoms with Crippen LogP contribution >= 0.6 is 11.3 Å². The Bertz CT molecular complexity index is 876. The topological polar surface area (TPSA) is 45.2 Å². The maximum atomic E-state index is 12.7. The number of amides is 1. The Morgan fingerprint density at radius 1 is 1.19 bits per heavy atom. The minimum atomic E-state index is -0.309. The molecule has 1 heterocycles. The zero-order valence-corrected chi connectivity index (χ0v) is 16.1. The minimum absolute atomic E-state index is 0.0590. The summed E-state index contributed by atoms with van der Waals surface area (Å²) in [7, 11) is 1.84. The van der Waals surface area contributed by atoms with Crippen molar-refractivity contribution in [3.63, 3.8) is 0 Å². The number of rotatable bonds is 6. The van der Waals surface area contributed by atoms with Gasteiger partial charge in [-0.3, -0.25) is 4.79 Å². The molecule has 0 saturated heterocycles. The zero-order chi connectivity index (χ0) is 18.5. The summed E-state index contributed by atoms with van der Waals surface area (Å²) in [5.41, 5.74) is 4.06. The fourth-order valence-electron chi connectivity index (χ4n) is 2.84. The average Bonchev–Trinajstić information content (AvgIpc) is 3.08. The van der Waals surface area contributed by atoms with E-state index in [4.69, 9.17) is 0 Å². The molecular weight excluding hydrogens is 342 g/mol. The number of hydrogen-bond donors (Lipinski definition) is 1. The third-order valence-electron chi connectivity index (χ3n) is 4.17. The standard InChI is InChI=1S/C21H23N3OS/c1-15(21(25)24(3)13-17-8-5-4-6-9-17)22-19-11-7-10-18(12-19)20-14-26-16(2)23-20/h4-12,14-15,22H,13H2,1-3H3. The first-order chi connectivity index (χ1) is 12.5. The van der Waals surface area contributed by atoms with Crippen LogP contribution < -0.4 is 5.32 Å². The molecule has 0 bridgehead atoms. The third kappa shape index (κ3) is 4.49. The van der Waals surface area contributed by atoms with Crippen LogP contribution in [0.25, 0.3) is 11.3 Å². The molecule has 2 aromatic carbocycles. The number of nitrogens with one attached hydrogen (secondary N) is 1. The molecule has 4 nitrogen and oxygen atoms in total. The van der Waals surface area contributed by atoms with Gasteiger partial charge in [0, 0.05) is 30.2 Å². The Labute approximate surface area is 158 Å². The van der Waals surface area contributed by atoms with Gasteiger partial charge in [-0.05, 0) is 31.5 Å². The molecular formula is C21H23N3OS. The van der Waals surface area contributed by atoms with E-state index >= 15 is 0 Å². The van der Waals surface area contributed by atoms with Crippen LogP contribution in [-0.4, -0.2) is 28.9 Å². The fraction of sp³-hybridized carbons (Fsp3) is 0.238.